The van der Waals surface area contributed by atoms with E-state index in [2.05, 4.69) is 0 Å². The zero-order valence-electron chi connectivity index (χ0n) is 10.7. The molecule has 0 spiro atoms. The van der Waals surface area contributed by atoms with Crippen LogP contribution in [0.1, 0.15) is 18.1 Å². The highest BCUT2D eigenvalue weighted by molar-refractivity contribution is 5.95. The van der Waals surface area contributed by atoms with E-state index < -0.39 is 5.41 Å². The summed E-state index contributed by atoms with van der Waals surface area (Å²) in [7, 11) is 0. The maximum atomic E-state index is 11.9. The quantitative estimate of drug-likeness (QED) is 0.762. The fraction of sp³-hybridized carbons (Fsp3) is 0.118. The molecule has 2 heteroatoms. The molecular formula is C17H14O2. The van der Waals surface area contributed by atoms with Crippen molar-refractivity contribution in [1.82, 2.24) is 0 Å². The molecule has 0 N–H and O–H groups in total. The maximum Gasteiger partial charge on any atom is 0.329 e. The van der Waals surface area contributed by atoms with Crippen molar-refractivity contribution in [3.05, 3.63) is 77.5 Å². The van der Waals surface area contributed by atoms with Crippen molar-refractivity contribution in [2.24, 2.45) is 0 Å². The van der Waals surface area contributed by atoms with Gasteiger partial charge in [0.15, 0.2) is 0 Å². The maximum absolute atomic E-state index is 11.9. The van der Waals surface area contributed by atoms with Gasteiger partial charge in [0.2, 0.25) is 0 Å². The second-order valence-corrected chi connectivity index (χ2v) is 4.80. The van der Waals surface area contributed by atoms with Gasteiger partial charge in [-0.3, -0.25) is 4.79 Å². The van der Waals surface area contributed by atoms with Gasteiger partial charge in [0.05, 0.1) is 0 Å². The molecule has 0 bridgehead atoms. The third-order valence-electron chi connectivity index (χ3n) is 3.55. The van der Waals surface area contributed by atoms with E-state index in [1.807, 2.05) is 73.7 Å². The van der Waals surface area contributed by atoms with E-state index in [0.717, 1.165) is 11.1 Å². The van der Waals surface area contributed by atoms with Gasteiger partial charge in [0, 0.05) is 0 Å². The van der Waals surface area contributed by atoms with Crippen molar-refractivity contribution < 1.29 is 9.53 Å². The minimum absolute atomic E-state index is 0.194. The molecule has 1 heterocycles. The molecule has 1 saturated heterocycles. The smallest absolute Gasteiger partial charge is 0.329 e. The van der Waals surface area contributed by atoms with Gasteiger partial charge in [-0.15, -0.1) is 0 Å². The van der Waals surface area contributed by atoms with Crippen molar-refractivity contribution in [2.45, 2.75) is 12.3 Å². The van der Waals surface area contributed by atoms with Crippen molar-refractivity contribution >= 4 is 12.0 Å². The Morgan fingerprint density at radius 2 is 1.53 bits per heavy atom. The number of hydrogen-bond donors (Lipinski definition) is 0. The van der Waals surface area contributed by atoms with E-state index in [0.29, 0.717) is 5.76 Å². The second-order valence-electron chi connectivity index (χ2n) is 4.80. The predicted octanol–water partition coefficient (Wildman–Crippen LogP) is 3.54. The summed E-state index contributed by atoms with van der Waals surface area (Å²) in [4.78, 5) is 11.9. The van der Waals surface area contributed by atoms with E-state index in [-0.39, 0.29) is 5.97 Å². The molecule has 1 unspecified atom stereocenters. The number of esters is 1. The second kappa shape index (κ2) is 4.39. The van der Waals surface area contributed by atoms with Gasteiger partial charge in [0.1, 0.15) is 11.2 Å². The Bertz CT molecular complexity index is 629. The zero-order valence-corrected chi connectivity index (χ0v) is 10.7. The minimum Gasteiger partial charge on any atom is -0.428 e. The van der Waals surface area contributed by atoms with Crippen LogP contribution in [0.4, 0.5) is 0 Å². The molecule has 0 radical (unpaired) electrons. The van der Waals surface area contributed by atoms with Gasteiger partial charge in [0.25, 0.3) is 0 Å². The van der Waals surface area contributed by atoms with Crippen LogP contribution >= 0.6 is 0 Å². The van der Waals surface area contributed by atoms with Crippen LogP contribution in [0, 0.1) is 0 Å². The Balaban J connectivity index is 2.01. The fourth-order valence-corrected chi connectivity index (χ4v) is 2.26. The molecule has 2 aromatic carbocycles. The molecule has 94 valence electrons. The van der Waals surface area contributed by atoms with Gasteiger partial charge >= 0.3 is 5.97 Å². The largest absolute Gasteiger partial charge is 0.428 e. The number of hydrogen-bond acceptors (Lipinski definition) is 2. The van der Waals surface area contributed by atoms with Crippen LogP contribution < -0.4 is 0 Å². The van der Waals surface area contributed by atoms with Crippen LogP contribution in [0.3, 0.4) is 0 Å². The van der Waals surface area contributed by atoms with E-state index in [4.69, 9.17) is 4.74 Å². The van der Waals surface area contributed by atoms with Crippen LogP contribution in [0.5, 0.6) is 0 Å². The number of rotatable bonds is 2. The summed E-state index contributed by atoms with van der Waals surface area (Å²) in [5.41, 5.74) is 1.34. The average molecular weight is 250 g/mol. The number of cyclic esters (lactones) is 1. The zero-order chi connectivity index (χ0) is 13.3. The Kier molecular flexibility index (Phi) is 2.71. The monoisotopic (exact) mass is 250 g/mol. The number of ether oxygens (including phenoxy) is 1. The van der Waals surface area contributed by atoms with Crippen molar-refractivity contribution in [3.63, 3.8) is 0 Å². The molecule has 2 nitrogen and oxygen atoms in total. The molecule has 0 saturated carbocycles. The first-order chi connectivity index (χ1) is 9.21. The van der Waals surface area contributed by atoms with Crippen LogP contribution in [0.2, 0.25) is 0 Å². The molecule has 1 aliphatic heterocycles. The molecule has 3 rings (SSSR count). The average Bonchev–Trinajstić information content (AvgIpc) is 2.48. The third-order valence-corrected chi connectivity index (χ3v) is 3.55. The minimum atomic E-state index is -0.656. The Morgan fingerprint density at radius 3 is 2.11 bits per heavy atom. The summed E-state index contributed by atoms with van der Waals surface area (Å²) in [6.07, 6.45) is 1.92. The van der Waals surface area contributed by atoms with Gasteiger partial charge in [-0.2, -0.15) is 0 Å². The van der Waals surface area contributed by atoms with Gasteiger partial charge < -0.3 is 4.74 Å². The van der Waals surface area contributed by atoms with Crippen molar-refractivity contribution in [2.75, 3.05) is 0 Å². The van der Waals surface area contributed by atoms with Crippen LogP contribution in [-0.4, -0.2) is 5.97 Å². The Labute approximate surface area is 112 Å². The lowest BCUT2D eigenvalue weighted by Gasteiger charge is -2.38. The summed E-state index contributed by atoms with van der Waals surface area (Å²) < 4.78 is 5.24. The molecule has 1 atom stereocenters. The lowest BCUT2D eigenvalue weighted by Crippen LogP contribution is -2.47. The highest BCUT2D eigenvalue weighted by Gasteiger charge is 2.51. The van der Waals surface area contributed by atoms with E-state index >= 15 is 0 Å². The molecule has 0 amide bonds. The molecule has 0 aliphatic carbocycles. The van der Waals surface area contributed by atoms with Gasteiger partial charge in [-0.1, -0.05) is 60.7 Å². The molecule has 2 aromatic rings. The Morgan fingerprint density at radius 1 is 0.947 bits per heavy atom. The predicted molar refractivity (Wildman–Crippen MR) is 74.3 cm³/mol. The summed E-state index contributed by atoms with van der Waals surface area (Å²) in [6, 6.07) is 19.6. The highest BCUT2D eigenvalue weighted by Crippen LogP contribution is 2.43. The van der Waals surface area contributed by atoms with Gasteiger partial charge in [-0.25, -0.2) is 0 Å². The number of benzene rings is 2. The molecule has 1 aliphatic rings. The fourth-order valence-electron chi connectivity index (χ4n) is 2.26. The lowest BCUT2D eigenvalue weighted by molar-refractivity contribution is -0.159. The summed E-state index contributed by atoms with van der Waals surface area (Å²) in [5.74, 6) is 0.510. The SMILES string of the molecule is CC1(c2ccccc2)C(=O)O/C1=C\c1ccccc1. The topological polar surface area (TPSA) is 26.3 Å². The summed E-state index contributed by atoms with van der Waals surface area (Å²) in [6.45, 7) is 1.91. The summed E-state index contributed by atoms with van der Waals surface area (Å²) in [5, 5.41) is 0. The van der Waals surface area contributed by atoms with E-state index in [1.54, 1.807) is 0 Å². The molecule has 1 fully saturated rings. The van der Waals surface area contributed by atoms with E-state index in [9.17, 15) is 4.79 Å². The van der Waals surface area contributed by atoms with Crippen molar-refractivity contribution in [3.8, 4) is 0 Å². The first-order valence-corrected chi connectivity index (χ1v) is 6.26. The molecule has 19 heavy (non-hydrogen) atoms. The van der Waals surface area contributed by atoms with Crippen LogP contribution in [0.25, 0.3) is 6.08 Å². The van der Waals surface area contributed by atoms with E-state index in [1.165, 1.54) is 0 Å². The highest BCUT2D eigenvalue weighted by atomic mass is 16.6. The molecule has 0 aromatic heterocycles. The molecular weight excluding hydrogens is 236 g/mol. The Hall–Kier alpha value is -2.35. The van der Waals surface area contributed by atoms with Crippen LogP contribution in [0.15, 0.2) is 66.4 Å². The van der Waals surface area contributed by atoms with Crippen molar-refractivity contribution in [1.29, 1.82) is 0 Å². The van der Waals surface area contributed by atoms with Crippen LogP contribution in [-0.2, 0) is 14.9 Å². The third kappa shape index (κ3) is 1.85. The normalized spacial score (nSPS) is 23.8. The van der Waals surface area contributed by atoms with Gasteiger partial charge in [-0.05, 0) is 24.1 Å². The first-order valence-electron chi connectivity index (χ1n) is 6.26. The number of carbonyl (C=O) groups is 1. The number of carbonyl (C=O) groups excluding carboxylic acids is 1. The lowest BCUT2D eigenvalue weighted by atomic mass is 9.76. The first kappa shape index (κ1) is 11.7. The summed E-state index contributed by atoms with van der Waals surface area (Å²) >= 11 is 0. The standard InChI is InChI=1S/C17H14O2/c1-17(14-10-6-3-7-11-14)15(19-16(17)18)12-13-8-4-2-5-9-13/h2-12H,1H3/b15-12-.